The Hall–Kier alpha value is -3.32. The molecule has 2 N–H and O–H groups in total. The van der Waals surface area contributed by atoms with E-state index < -0.39 is 0 Å². The van der Waals surface area contributed by atoms with Crippen molar-refractivity contribution in [3.8, 4) is 0 Å². The summed E-state index contributed by atoms with van der Waals surface area (Å²) in [6.45, 7) is 4.24. The van der Waals surface area contributed by atoms with Crippen LogP contribution in [-0.2, 0) is 32.7 Å². The highest BCUT2D eigenvalue weighted by Crippen LogP contribution is 2.34. The van der Waals surface area contributed by atoms with Gasteiger partial charge in [-0.3, -0.25) is 0 Å². The summed E-state index contributed by atoms with van der Waals surface area (Å²) in [7, 11) is 3.67. The summed E-state index contributed by atoms with van der Waals surface area (Å²) in [5.41, 5.74) is 11.8. The zero-order valence-electron chi connectivity index (χ0n) is 22.8. The molecule has 0 aliphatic rings. The van der Waals surface area contributed by atoms with Gasteiger partial charge in [0, 0.05) is 54.7 Å². The maximum atomic E-state index is 5.35. The Balaban J connectivity index is 0.000000398. The van der Waals surface area contributed by atoms with Crippen LogP contribution in [0.4, 0.5) is 0 Å². The fourth-order valence-electron chi connectivity index (χ4n) is 4.07. The molecule has 0 radical (unpaired) electrons. The van der Waals surface area contributed by atoms with Crippen molar-refractivity contribution in [2.75, 3.05) is 0 Å². The number of nitrogens with zero attached hydrogens (tertiary/aromatic N) is 2. The molecule has 0 amide bonds. The summed E-state index contributed by atoms with van der Waals surface area (Å²) < 4.78 is 4.89. The van der Waals surface area contributed by atoms with Gasteiger partial charge in [0.2, 0.25) is 0 Å². The summed E-state index contributed by atoms with van der Waals surface area (Å²) in [6.07, 6.45) is 0. The maximum Gasteiger partial charge on any atom is 0.0352 e. The Kier molecular flexibility index (Phi) is 12.9. The summed E-state index contributed by atoms with van der Waals surface area (Å²) in [5.74, 6) is 0. The molecule has 0 heterocycles. The molecule has 0 saturated carbocycles. The van der Waals surface area contributed by atoms with Gasteiger partial charge in [-0.05, 0) is 27.8 Å². The molecule has 0 saturated heterocycles. The standard InChI is InChI=1S/C28H28N2S2.C7H9N/c1-5-13-25(14-6-1)21-29(22-26-15-7-2-8-16-26)31-32-30(23-27-17-9-3-10-18-27)24-28-19-11-4-12-20-28;8-6-7-4-2-1-3-5-7/h1-20H,21-24H2;1-5H,6,8H2. The summed E-state index contributed by atoms with van der Waals surface area (Å²) in [4.78, 5) is 0. The molecule has 0 unspecified atom stereocenters. The smallest absolute Gasteiger partial charge is 0.0352 e. The molecule has 0 aliphatic carbocycles. The summed E-state index contributed by atoms with van der Waals surface area (Å²) >= 11 is 0. The van der Waals surface area contributed by atoms with E-state index in [9.17, 15) is 0 Å². The lowest BCUT2D eigenvalue weighted by Gasteiger charge is -2.26. The second-order valence-electron chi connectivity index (χ2n) is 9.38. The van der Waals surface area contributed by atoms with Gasteiger partial charge < -0.3 is 5.73 Å². The first-order chi connectivity index (χ1) is 19.8. The van der Waals surface area contributed by atoms with Gasteiger partial charge in [0.05, 0.1) is 0 Å². The number of rotatable bonds is 12. The highest BCUT2D eigenvalue weighted by molar-refractivity contribution is 8.74. The maximum absolute atomic E-state index is 5.35. The first-order valence-corrected chi connectivity index (χ1v) is 15.6. The summed E-state index contributed by atoms with van der Waals surface area (Å²) in [5, 5.41) is 0. The zero-order valence-corrected chi connectivity index (χ0v) is 24.4. The molecule has 5 heteroatoms. The molecule has 3 nitrogen and oxygen atoms in total. The first kappa shape index (κ1) is 29.7. The van der Waals surface area contributed by atoms with Crippen LogP contribution in [0, 0.1) is 0 Å². The average Bonchev–Trinajstić information content (AvgIpc) is 3.02. The van der Waals surface area contributed by atoms with Crippen molar-refractivity contribution in [1.82, 2.24) is 8.61 Å². The predicted octanol–water partition coefficient (Wildman–Crippen LogP) is 8.75. The van der Waals surface area contributed by atoms with Crippen molar-refractivity contribution < 1.29 is 0 Å². The van der Waals surface area contributed by atoms with Crippen LogP contribution in [0.2, 0.25) is 0 Å². The van der Waals surface area contributed by atoms with Crippen LogP contribution >= 0.6 is 22.0 Å². The third kappa shape index (κ3) is 11.0. The van der Waals surface area contributed by atoms with E-state index >= 15 is 0 Å². The van der Waals surface area contributed by atoms with Crippen LogP contribution < -0.4 is 5.73 Å². The molecular formula is C35H37N3S2. The lowest BCUT2D eigenvalue weighted by atomic mass is 10.2. The van der Waals surface area contributed by atoms with Crippen LogP contribution in [-0.4, -0.2) is 8.61 Å². The monoisotopic (exact) mass is 563 g/mol. The van der Waals surface area contributed by atoms with E-state index in [0.717, 1.165) is 26.2 Å². The molecule has 0 aromatic heterocycles. The van der Waals surface area contributed by atoms with Gasteiger partial charge in [0.25, 0.3) is 0 Å². The van der Waals surface area contributed by atoms with Crippen LogP contribution in [0.1, 0.15) is 27.8 Å². The van der Waals surface area contributed by atoms with E-state index in [1.165, 1.54) is 27.8 Å². The van der Waals surface area contributed by atoms with Crippen molar-refractivity contribution >= 4 is 22.0 Å². The lowest BCUT2D eigenvalue weighted by Crippen LogP contribution is -2.18. The number of nitrogens with two attached hydrogens (primary N) is 1. The van der Waals surface area contributed by atoms with Crippen molar-refractivity contribution in [3.05, 3.63) is 179 Å². The largest absolute Gasteiger partial charge is 0.326 e. The fraction of sp³-hybridized carbons (Fsp3) is 0.143. The molecule has 0 atom stereocenters. The van der Waals surface area contributed by atoms with E-state index in [4.69, 9.17) is 5.73 Å². The normalized spacial score (nSPS) is 10.8. The van der Waals surface area contributed by atoms with Crippen LogP contribution in [0.15, 0.2) is 152 Å². The fourth-order valence-corrected chi connectivity index (χ4v) is 6.27. The second kappa shape index (κ2) is 17.4. The number of hydrogen-bond acceptors (Lipinski definition) is 5. The van der Waals surface area contributed by atoms with E-state index in [2.05, 4.69) is 130 Å². The van der Waals surface area contributed by atoms with Crippen molar-refractivity contribution in [2.45, 2.75) is 32.7 Å². The molecule has 0 bridgehead atoms. The zero-order chi connectivity index (χ0) is 27.7. The summed E-state index contributed by atoms with van der Waals surface area (Å²) in [6, 6.07) is 52.9. The minimum absolute atomic E-state index is 0.640. The van der Waals surface area contributed by atoms with E-state index in [1.807, 2.05) is 52.3 Å². The van der Waals surface area contributed by atoms with Gasteiger partial charge >= 0.3 is 0 Å². The van der Waals surface area contributed by atoms with E-state index in [0.29, 0.717) is 6.54 Å². The highest BCUT2D eigenvalue weighted by atomic mass is 33.1. The molecule has 5 rings (SSSR count). The molecule has 0 aliphatic heterocycles. The molecule has 5 aromatic rings. The van der Waals surface area contributed by atoms with Gasteiger partial charge in [-0.15, -0.1) is 0 Å². The van der Waals surface area contributed by atoms with Crippen LogP contribution in [0.25, 0.3) is 0 Å². The average molecular weight is 564 g/mol. The predicted molar refractivity (Wildman–Crippen MR) is 174 cm³/mol. The third-order valence-electron chi connectivity index (χ3n) is 6.13. The lowest BCUT2D eigenvalue weighted by molar-refractivity contribution is 0.457. The molecule has 0 fully saturated rings. The Morgan fingerprint density at radius 1 is 0.350 bits per heavy atom. The first-order valence-electron chi connectivity index (χ1n) is 13.5. The number of hydrogen-bond donors (Lipinski definition) is 1. The highest BCUT2D eigenvalue weighted by Gasteiger charge is 2.14. The SMILES string of the molecule is NCc1ccccc1.c1ccc(CN(Cc2ccccc2)SSN(Cc2ccccc2)Cc2ccccc2)cc1. The topological polar surface area (TPSA) is 32.5 Å². The molecule has 40 heavy (non-hydrogen) atoms. The third-order valence-corrected chi connectivity index (χ3v) is 8.60. The van der Waals surface area contributed by atoms with Gasteiger partial charge in [-0.1, -0.05) is 152 Å². The second-order valence-corrected chi connectivity index (χ2v) is 11.6. The van der Waals surface area contributed by atoms with E-state index in [1.54, 1.807) is 0 Å². The van der Waals surface area contributed by atoms with E-state index in [-0.39, 0.29) is 0 Å². The van der Waals surface area contributed by atoms with Gasteiger partial charge in [-0.2, -0.15) is 0 Å². The minimum Gasteiger partial charge on any atom is -0.326 e. The van der Waals surface area contributed by atoms with Crippen molar-refractivity contribution in [2.24, 2.45) is 5.73 Å². The molecular weight excluding hydrogens is 527 g/mol. The minimum atomic E-state index is 0.640. The number of benzene rings is 5. The van der Waals surface area contributed by atoms with Gasteiger partial charge in [-0.25, -0.2) is 8.61 Å². The molecule has 5 aromatic carbocycles. The molecule has 0 spiro atoms. The van der Waals surface area contributed by atoms with Crippen molar-refractivity contribution in [1.29, 1.82) is 0 Å². The van der Waals surface area contributed by atoms with Crippen LogP contribution in [0.5, 0.6) is 0 Å². The Morgan fingerprint density at radius 3 is 0.775 bits per heavy atom. The Morgan fingerprint density at radius 2 is 0.575 bits per heavy atom. The quantitative estimate of drug-likeness (QED) is 0.121. The van der Waals surface area contributed by atoms with Crippen LogP contribution in [0.3, 0.4) is 0 Å². The van der Waals surface area contributed by atoms with Gasteiger partial charge in [0.15, 0.2) is 0 Å². The molecule has 204 valence electrons. The van der Waals surface area contributed by atoms with Gasteiger partial charge in [0.1, 0.15) is 0 Å². The van der Waals surface area contributed by atoms with Crippen molar-refractivity contribution in [3.63, 3.8) is 0 Å². The Labute approximate surface area is 247 Å². The Bertz CT molecular complexity index is 1150.